The summed E-state index contributed by atoms with van der Waals surface area (Å²) in [6.07, 6.45) is 1.34. The van der Waals surface area contributed by atoms with Crippen molar-refractivity contribution in [3.05, 3.63) is 41.9 Å². The van der Waals surface area contributed by atoms with Crippen molar-refractivity contribution in [1.29, 1.82) is 0 Å². The van der Waals surface area contributed by atoms with Gasteiger partial charge in [0.25, 0.3) is 10.0 Å². The van der Waals surface area contributed by atoms with Crippen LogP contribution in [0.15, 0.2) is 35.5 Å². The van der Waals surface area contributed by atoms with E-state index in [-0.39, 0.29) is 11.1 Å². The molecule has 0 spiro atoms. The van der Waals surface area contributed by atoms with Crippen LogP contribution in [0, 0.1) is 6.92 Å². The van der Waals surface area contributed by atoms with Crippen LogP contribution in [0.2, 0.25) is 0 Å². The van der Waals surface area contributed by atoms with Crippen LogP contribution in [-0.2, 0) is 16.6 Å². The number of hydrogen-bond donors (Lipinski definition) is 2. The van der Waals surface area contributed by atoms with Crippen molar-refractivity contribution in [3.8, 4) is 0 Å². The molecule has 1 heterocycles. The van der Waals surface area contributed by atoms with E-state index in [9.17, 15) is 8.42 Å². The van der Waals surface area contributed by atoms with Gasteiger partial charge in [0, 0.05) is 12.6 Å². The predicted molar refractivity (Wildman–Crippen MR) is 82.5 cm³/mol. The fourth-order valence-electron chi connectivity index (χ4n) is 2.13. The maximum absolute atomic E-state index is 12.8. The van der Waals surface area contributed by atoms with Gasteiger partial charge in [0.15, 0.2) is 5.03 Å². The van der Waals surface area contributed by atoms with Crippen molar-refractivity contribution in [2.45, 2.75) is 38.4 Å². The molecule has 2 rings (SSSR count). The SMILES string of the molecule is Cc1ncc(S(=O)(=O)N(c2ccc(CN)cc2)C(C)C)[nH]1. The Balaban J connectivity index is 2.47. The summed E-state index contributed by atoms with van der Waals surface area (Å²) in [4.78, 5) is 6.75. The lowest BCUT2D eigenvalue weighted by atomic mass is 10.2. The van der Waals surface area contributed by atoms with Gasteiger partial charge in [-0.25, -0.2) is 4.98 Å². The molecule has 1 aromatic heterocycles. The van der Waals surface area contributed by atoms with E-state index in [1.165, 1.54) is 10.5 Å². The largest absolute Gasteiger partial charge is 0.332 e. The number of nitrogens with two attached hydrogens (primary N) is 1. The molecule has 1 aromatic carbocycles. The van der Waals surface area contributed by atoms with Crippen LogP contribution in [0.25, 0.3) is 0 Å². The molecule has 114 valence electrons. The highest BCUT2D eigenvalue weighted by molar-refractivity contribution is 7.92. The molecule has 0 aliphatic heterocycles. The molecule has 0 aliphatic rings. The summed E-state index contributed by atoms with van der Waals surface area (Å²) in [5.74, 6) is 0.566. The van der Waals surface area contributed by atoms with Crippen molar-refractivity contribution >= 4 is 15.7 Å². The molecule has 0 fully saturated rings. The molecule has 2 aromatic rings. The summed E-state index contributed by atoms with van der Waals surface area (Å²) in [6.45, 7) is 5.80. The molecule has 0 aliphatic carbocycles. The van der Waals surface area contributed by atoms with Crippen LogP contribution in [0.5, 0.6) is 0 Å². The van der Waals surface area contributed by atoms with Gasteiger partial charge in [-0.2, -0.15) is 8.42 Å². The molecule has 0 atom stereocenters. The number of aryl methyl sites for hydroxylation is 1. The lowest BCUT2D eigenvalue weighted by Gasteiger charge is -2.27. The van der Waals surface area contributed by atoms with Crippen LogP contribution in [0.4, 0.5) is 5.69 Å². The van der Waals surface area contributed by atoms with Crippen LogP contribution >= 0.6 is 0 Å². The smallest absolute Gasteiger partial charge is 0.281 e. The van der Waals surface area contributed by atoms with Gasteiger partial charge in [0.1, 0.15) is 5.82 Å². The molecular weight excluding hydrogens is 288 g/mol. The Morgan fingerprint density at radius 1 is 1.29 bits per heavy atom. The highest BCUT2D eigenvalue weighted by atomic mass is 32.2. The average Bonchev–Trinajstić information content (AvgIpc) is 2.86. The molecule has 7 heteroatoms. The van der Waals surface area contributed by atoms with E-state index < -0.39 is 10.0 Å². The number of H-pyrrole nitrogens is 1. The molecule has 0 amide bonds. The molecular formula is C14H20N4O2S. The molecule has 0 radical (unpaired) electrons. The van der Waals surface area contributed by atoms with Crippen molar-refractivity contribution in [2.24, 2.45) is 5.73 Å². The molecule has 0 bridgehead atoms. The first-order chi connectivity index (χ1) is 9.86. The summed E-state index contributed by atoms with van der Waals surface area (Å²) in [5.41, 5.74) is 7.13. The van der Waals surface area contributed by atoms with Crippen molar-refractivity contribution in [1.82, 2.24) is 9.97 Å². The second kappa shape index (κ2) is 5.87. The minimum atomic E-state index is -3.67. The van der Waals surface area contributed by atoms with Gasteiger partial charge in [-0.15, -0.1) is 0 Å². The number of hydrogen-bond acceptors (Lipinski definition) is 4. The second-order valence-electron chi connectivity index (χ2n) is 5.10. The summed E-state index contributed by atoms with van der Waals surface area (Å²) in [6, 6.07) is 6.98. The van der Waals surface area contributed by atoms with Crippen LogP contribution in [0.1, 0.15) is 25.2 Å². The van der Waals surface area contributed by atoms with Gasteiger partial charge in [-0.3, -0.25) is 4.31 Å². The van der Waals surface area contributed by atoms with E-state index in [1.54, 1.807) is 19.1 Å². The Labute approximate surface area is 125 Å². The standard InChI is InChI=1S/C14H20N4O2S/c1-10(2)18(13-6-4-12(8-15)5-7-13)21(19,20)14-9-16-11(3)17-14/h4-7,9-10H,8,15H2,1-3H3,(H,16,17). The number of rotatable bonds is 5. The fraction of sp³-hybridized carbons (Fsp3) is 0.357. The van der Waals surface area contributed by atoms with Gasteiger partial charge < -0.3 is 10.7 Å². The molecule has 0 unspecified atom stereocenters. The third-order valence-corrected chi connectivity index (χ3v) is 5.03. The summed E-state index contributed by atoms with van der Waals surface area (Å²) in [7, 11) is -3.67. The number of sulfonamides is 1. The number of imidazole rings is 1. The fourth-order valence-corrected chi connectivity index (χ4v) is 3.76. The Kier molecular flexibility index (Phi) is 4.34. The average molecular weight is 308 g/mol. The zero-order valence-corrected chi connectivity index (χ0v) is 13.2. The number of aromatic amines is 1. The first kappa shape index (κ1) is 15.5. The highest BCUT2D eigenvalue weighted by Crippen LogP contribution is 2.25. The Bertz CT molecular complexity index is 705. The minimum absolute atomic E-state index is 0.0941. The number of anilines is 1. The minimum Gasteiger partial charge on any atom is -0.332 e. The van der Waals surface area contributed by atoms with E-state index in [4.69, 9.17) is 5.73 Å². The summed E-state index contributed by atoms with van der Waals surface area (Å²) in [5, 5.41) is 0.0941. The third-order valence-electron chi connectivity index (χ3n) is 3.11. The van der Waals surface area contributed by atoms with E-state index >= 15 is 0 Å². The highest BCUT2D eigenvalue weighted by Gasteiger charge is 2.28. The van der Waals surface area contributed by atoms with Crippen LogP contribution in [0.3, 0.4) is 0 Å². The second-order valence-corrected chi connectivity index (χ2v) is 6.88. The number of aromatic nitrogens is 2. The first-order valence-corrected chi connectivity index (χ1v) is 8.15. The van der Waals surface area contributed by atoms with Gasteiger partial charge in [-0.05, 0) is 38.5 Å². The monoisotopic (exact) mass is 308 g/mol. The van der Waals surface area contributed by atoms with E-state index in [0.29, 0.717) is 18.1 Å². The summed E-state index contributed by atoms with van der Waals surface area (Å²) < 4.78 is 26.9. The zero-order chi connectivity index (χ0) is 15.6. The van der Waals surface area contributed by atoms with Crippen molar-refractivity contribution in [2.75, 3.05) is 4.31 Å². The van der Waals surface area contributed by atoms with Crippen molar-refractivity contribution in [3.63, 3.8) is 0 Å². The Morgan fingerprint density at radius 3 is 2.33 bits per heavy atom. The van der Waals surface area contributed by atoms with Gasteiger partial charge >= 0.3 is 0 Å². The maximum Gasteiger partial charge on any atom is 0.281 e. The lowest BCUT2D eigenvalue weighted by Crippen LogP contribution is -2.37. The molecule has 21 heavy (non-hydrogen) atoms. The molecule has 6 nitrogen and oxygen atoms in total. The molecule has 0 saturated carbocycles. The van der Waals surface area contributed by atoms with E-state index in [2.05, 4.69) is 9.97 Å². The van der Waals surface area contributed by atoms with Crippen LogP contribution < -0.4 is 10.0 Å². The quantitative estimate of drug-likeness (QED) is 0.880. The Hall–Kier alpha value is -1.86. The van der Waals surface area contributed by atoms with Crippen LogP contribution in [-0.4, -0.2) is 24.4 Å². The van der Waals surface area contributed by atoms with E-state index in [1.807, 2.05) is 26.0 Å². The van der Waals surface area contributed by atoms with Gasteiger partial charge in [-0.1, -0.05) is 12.1 Å². The summed E-state index contributed by atoms with van der Waals surface area (Å²) >= 11 is 0. The normalized spacial score (nSPS) is 11.9. The van der Waals surface area contributed by atoms with Gasteiger partial charge in [0.2, 0.25) is 0 Å². The first-order valence-electron chi connectivity index (χ1n) is 6.71. The Morgan fingerprint density at radius 2 is 1.90 bits per heavy atom. The maximum atomic E-state index is 12.8. The zero-order valence-electron chi connectivity index (χ0n) is 12.4. The molecule has 3 N–H and O–H groups in total. The topological polar surface area (TPSA) is 92.1 Å². The van der Waals surface area contributed by atoms with Crippen molar-refractivity contribution < 1.29 is 8.42 Å². The lowest BCUT2D eigenvalue weighted by molar-refractivity contribution is 0.581. The number of benzene rings is 1. The molecule has 0 saturated heterocycles. The third kappa shape index (κ3) is 3.08. The van der Waals surface area contributed by atoms with E-state index in [0.717, 1.165) is 5.56 Å². The number of nitrogens with one attached hydrogen (secondary N) is 1. The predicted octanol–water partition coefficient (Wildman–Crippen LogP) is 1.78. The number of nitrogens with zero attached hydrogens (tertiary/aromatic N) is 2. The van der Waals surface area contributed by atoms with Gasteiger partial charge in [0.05, 0.1) is 11.9 Å².